The van der Waals surface area contributed by atoms with E-state index in [9.17, 15) is 9.59 Å². The average Bonchev–Trinajstić information content (AvgIpc) is 2.67. The van der Waals surface area contributed by atoms with Gasteiger partial charge in [-0.15, -0.1) is 0 Å². The number of carbonyl (C=O) groups excluding carboxylic acids is 1. The first-order valence-corrected chi connectivity index (χ1v) is 9.11. The average molecular weight is 377 g/mol. The van der Waals surface area contributed by atoms with Gasteiger partial charge in [0.05, 0.1) is 11.8 Å². The van der Waals surface area contributed by atoms with E-state index in [1.54, 1.807) is 6.07 Å². The molecule has 2 aromatic carbocycles. The molecule has 3 aromatic rings. The number of aryl methyl sites for hydroxylation is 1. The molecule has 0 spiro atoms. The first kappa shape index (κ1) is 19.4. The van der Waals surface area contributed by atoms with Gasteiger partial charge >= 0.3 is 0 Å². The summed E-state index contributed by atoms with van der Waals surface area (Å²) in [6.45, 7) is 5.98. The molecule has 1 aromatic heterocycles. The van der Waals surface area contributed by atoms with Crippen LogP contribution in [0.15, 0.2) is 58.4 Å². The van der Waals surface area contributed by atoms with Crippen molar-refractivity contribution < 1.29 is 9.53 Å². The van der Waals surface area contributed by atoms with Crippen LogP contribution in [0.25, 0.3) is 10.9 Å². The number of aromatic nitrogens is 1. The highest BCUT2D eigenvalue weighted by Crippen LogP contribution is 2.24. The zero-order valence-corrected chi connectivity index (χ0v) is 16.2. The number of pyridine rings is 1. The van der Waals surface area contributed by atoms with Crippen LogP contribution in [0, 0.1) is 6.92 Å². The lowest BCUT2D eigenvalue weighted by molar-refractivity contribution is -0.123. The van der Waals surface area contributed by atoms with Crippen molar-refractivity contribution in [2.24, 2.45) is 5.10 Å². The van der Waals surface area contributed by atoms with Gasteiger partial charge in [-0.05, 0) is 47.6 Å². The van der Waals surface area contributed by atoms with Gasteiger partial charge in [0.15, 0.2) is 6.61 Å². The van der Waals surface area contributed by atoms with Crippen LogP contribution in [-0.4, -0.2) is 23.7 Å². The van der Waals surface area contributed by atoms with Crippen molar-refractivity contribution in [3.63, 3.8) is 0 Å². The molecule has 0 aliphatic heterocycles. The number of ether oxygens (including phenoxy) is 1. The molecule has 0 radical (unpaired) electrons. The Balaban J connectivity index is 1.61. The summed E-state index contributed by atoms with van der Waals surface area (Å²) in [5, 5.41) is 4.75. The largest absolute Gasteiger partial charge is 0.483 e. The van der Waals surface area contributed by atoms with Gasteiger partial charge in [-0.25, -0.2) is 5.43 Å². The lowest BCUT2D eigenvalue weighted by Crippen LogP contribution is -2.25. The highest BCUT2D eigenvalue weighted by atomic mass is 16.5. The van der Waals surface area contributed by atoms with Crippen LogP contribution < -0.4 is 15.7 Å². The number of carbonyl (C=O) groups is 1. The van der Waals surface area contributed by atoms with Crippen molar-refractivity contribution >= 4 is 23.0 Å². The van der Waals surface area contributed by atoms with Crippen LogP contribution in [0.4, 0.5) is 0 Å². The summed E-state index contributed by atoms with van der Waals surface area (Å²) in [6.07, 6.45) is 1.33. The third-order valence-electron chi connectivity index (χ3n) is 4.41. The SMILES string of the molecule is Cc1ccc(C(C)C)cc1OCC(=O)N/N=C/c1cc2ccccc2[nH]c1=O. The molecule has 0 bridgehead atoms. The molecule has 28 heavy (non-hydrogen) atoms. The first-order chi connectivity index (χ1) is 13.4. The summed E-state index contributed by atoms with van der Waals surface area (Å²) in [7, 11) is 0. The highest BCUT2D eigenvalue weighted by molar-refractivity contribution is 5.88. The number of H-pyrrole nitrogens is 1. The number of amides is 1. The van der Waals surface area contributed by atoms with E-state index in [1.807, 2.05) is 43.3 Å². The van der Waals surface area contributed by atoms with E-state index in [-0.39, 0.29) is 12.2 Å². The summed E-state index contributed by atoms with van der Waals surface area (Å²) in [4.78, 5) is 26.8. The minimum Gasteiger partial charge on any atom is -0.483 e. The van der Waals surface area contributed by atoms with E-state index in [4.69, 9.17) is 4.74 Å². The fourth-order valence-corrected chi connectivity index (χ4v) is 2.74. The predicted octanol–water partition coefficient (Wildman–Crippen LogP) is 3.49. The van der Waals surface area contributed by atoms with E-state index in [1.165, 1.54) is 6.21 Å². The highest BCUT2D eigenvalue weighted by Gasteiger charge is 2.07. The lowest BCUT2D eigenvalue weighted by atomic mass is 10.0. The number of hydrazone groups is 1. The zero-order valence-electron chi connectivity index (χ0n) is 16.2. The maximum absolute atomic E-state index is 12.1. The van der Waals surface area contributed by atoms with E-state index < -0.39 is 5.91 Å². The molecule has 0 saturated carbocycles. The van der Waals surface area contributed by atoms with Crippen molar-refractivity contribution in [2.45, 2.75) is 26.7 Å². The molecule has 0 aliphatic rings. The smallest absolute Gasteiger partial charge is 0.277 e. The second-order valence-corrected chi connectivity index (χ2v) is 6.90. The molecule has 0 fully saturated rings. The Labute approximate surface area is 163 Å². The number of para-hydroxylation sites is 1. The van der Waals surface area contributed by atoms with Crippen molar-refractivity contribution in [2.75, 3.05) is 6.61 Å². The molecule has 0 saturated heterocycles. The number of rotatable bonds is 6. The van der Waals surface area contributed by atoms with Gasteiger partial charge in [0.1, 0.15) is 5.75 Å². The van der Waals surface area contributed by atoms with Crippen LogP contribution in [0.2, 0.25) is 0 Å². The van der Waals surface area contributed by atoms with Gasteiger partial charge in [-0.1, -0.05) is 44.2 Å². The molecular formula is C22H23N3O3. The molecule has 0 atom stereocenters. The molecule has 0 aliphatic carbocycles. The second-order valence-electron chi connectivity index (χ2n) is 6.90. The van der Waals surface area contributed by atoms with E-state index in [2.05, 4.69) is 35.4 Å². The van der Waals surface area contributed by atoms with Gasteiger partial charge < -0.3 is 9.72 Å². The zero-order chi connectivity index (χ0) is 20.1. The van der Waals surface area contributed by atoms with Crippen molar-refractivity contribution in [3.05, 3.63) is 75.6 Å². The molecule has 144 valence electrons. The van der Waals surface area contributed by atoms with E-state index in [0.717, 1.165) is 22.0 Å². The third kappa shape index (κ3) is 4.65. The van der Waals surface area contributed by atoms with Gasteiger partial charge in [0.2, 0.25) is 0 Å². The van der Waals surface area contributed by atoms with Gasteiger partial charge in [0.25, 0.3) is 11.5 Å². The Kier molecular flexibility index (Phi) is 5.89. The van der Waals surface area contributed by atoms with Gasteiger partial charge in [-0.2, -0.15) is 5.10 Å². The molecule has 1 heterocycles. The van der Waals surface area contributed by atoms with Crippen LogP contribution in [0.3, 0.4) is 0 Å². The lowest BCUT2D eigenvalue weighted by Gasteiger charge is -2.12. The molecule has 0 unspecified atom stereocenters. The van der Waals surface area contributed by atoms with E-state index in [0.29, 0.717) is 17.2 Å². The minimum absolute atomic E-state index is 0.159. The summed E-state index contributed by atoms with van der Waals surface area (Å²) in [5.74, 6) is 0.653. The maximum atomic E-state index is 12.1. The van der Waals surface area contributed by atoms with Crippen LogP contribution >= 0.6 is 0 Å². The molecule has 6 nitrogen and oxygen atoms in total. The first-order valence-electron chi connectivity index (χ1n) is 9.11. The number of nitrogens with zero attached hydrogens (tertiary/aromatic N) is 1. The Morgan fingerprint density at radius 1 is 1.21 bits per heavy atom. The normalized spacial score (nSPS) is 11.3. The monoisotopic (exact) mass is 377 g/mol. The molecule has 3 rings (SSSR count). The topological polar surface area (TPSA) is 83.5 Å². The van der Waals surface area contributed by atoms with Gasteiger partial charge in [-0.3, -0.25) is 9.59 Å². The van der Waals surface area contributed by atoms with Crippen LogP contribution in [-0.2, 0) is 4.79 Å². The fraction of sp³-hybridized carbons (Fsp3) is 0.227. The third-order valence-corrected chi connectivity index (χ3v) is 4.41. The van der Waals surface area contributed by atoms with Crippen molar-refractivity contribution in [3.8, 4) is 5.75 Å². The number of hydrogen-bond acceptors (Lipinski definition) is 4. The standard InChI is InChI=1S/C22H23N3O3/c1-14(2)16-9-8-15(3)20(11-16)28-13-21(26)25-23-12-18-10-17-6-4-5-7-19(17)24-22(18)27/h4-12,14H,13H2,1-3H3,(H,24,27)(H,25,26)/b23-12+. The predicted molar refractivity (Wildman–Crippen MR) is 111 cm³/mol. The van der Waals surface area contributed by atoms with Gasteiger partial charge in [0, 0.05) is 5.52 Å². The minimum atomic E-state index is -0.400. The van der Waals surface area contributed by atoms with Crippen LogP contribution in [0.5, 0.6) is 5.75 Å². The summed E-state index contributed by atoms with van der Waals surface area (Å²) < 4.78 is 5.62. The van der Waals surface area contributed by atoms with Crippen molar-refractivity contribution in [1.82, 2.24) is 10.4 Å². The number of nitrogens with one attached hydrogen (secondary N) is 2. The molecular weight excluding hydrogens is 354 g/mol. The Hall–Kier alpha value is -3.41. The van der Waals surface area contributed by atoms with Crippen molar-refractivity contribution in [1.29, 1.82) is 0 Å². The molecule has 6 heteroatoms. The Morgan fingerprint density at radius 2 is 2.00 bits per heavy atom. The Bertz CT molecular complexity index is 1080. The maximum Gasteiger partial charge on any atom is 0.277 e. The number of fused-ring (bicyclic) bond motifs is 1. The fourth-order valence-electron chi connectivity index (χ4n) is 2.74. The summed E-state index contributed by atoms with van der Waals surface area (Å²) >= 11 is 0. The summed E-state index contributed by atoms with van der Waals surface area (Å²) in [5.41, 5.74) is 5.34. The summed E-state index contributed by atoms with van der Waals surface area (Å²) in [6, 6.07) is 15.2. The molecule has 2 N–H and O–H groups in total. The second kappa shape index (κ2) is 8.52. The van der Waals surface area contributed by atoms with Crippen LogP contribution in [0.1, 0.15) is 36.5 Å². The molecule has 1 amide bonds. The number of hydrogen-bond donors (Lipinski definition) is 2. The number of benzene rings is 2. The quantitative estimate of drug-likeness (QED) is 0.509. The number of aromatic amines is 1. The Morgan fingerprint density at radius 3 is 2.79 bits per heavy atom. The van der Waals surface area contributed by atoms with E-state index >= 15 is 0 Å².